The zero-order valence-corrected chi connectivity index (χ0v) is 9.91. The molecule has 0 aliphatic heterocycles. The van der Waals surface area contributed by atoms with Gasteiger partial charge in [-0.3, -0.25) is 0 Å². The Morgan fingerprint density at radius 1 is 1.17 bits per heavy atom. The predicted octanol–water partition coefficient (Wildman–Crippen LogP) is 3.43. The minimum absolute atomic E-state index is 0.130. The second-order valence-corrected chi connectivity index (χ2v) is 4.15. The number of nitrogens with two attached hydrogens (primary N) is 1. The number of nitrogen functional groups attached to an aromatic ring is 1. The Balaban J connectivity index is 2.54. The van der Waals surface area contributed by atoms with Crippen molar-refractivity contribution in [1.82, 2.24) is 0 Å². The van der Waals surface area contributed by atoms with Crippen LogP contribution in [0.15, 0.2) is 36.4 Å². The fourth-order valence-electron chi connectivity index (χ4n) is 1.62. The molecule has 0 saturated carbocycles. The molecule has 0 aromatic heterocycles. The Kier molecular flexibility index (Phi) is 3.21. The quantitative estimate of drug-likeness (QED) is 0.818. The number of carboxylic acids is 1. The van der Waals surface area contributed by atoms with Crippen molar-refractivity contribution in [3.05, 3.63) is 52.8 Å². The molecule has 2 aromatic carbocycles. The molecule has 0 amide bonds. The van der Waals surface area contributed by atoms with Crippen LogP contribution in [0.4, 0.5) is 10.1 Å². The van der Waals surface area contributed by atoms with Gasteiger partial charge in [-0.1, -0.05) is 23.7 Å². The molecule has 0 saturated heterocycles. The fourth-order valence-corrected chi connectivity index (χ4v) is 1.91. The van der Waals surface area contributed by atoms with Gasteiger partial charge in [-0.15, -0.1) is 0 Å². The third-order valence-corrected chi connectivity index (χ3v) is 2.80. The number of rotatable bonds is 2. The fraction of sp³-hybridized carbons (Fsp3) is 0. The van der Waals surface area contributed by atoms with Gasteiger partial charge in [0.15, 0.2) is 0 Å². The molecule has 18 heavy (non-hydrogen) atoms. The van der Waals surface area contributed by atoms with Crippen LogP contribution in [0.2, 0.25) is 5.02 Å². The average molecular weight is 266 g/mol. The SMILES string of the molecule is Nc1ccc(-c2cc(F)c(C(=O)O)c(Cl)c2)cc1. The summed E-state index contributed by atoms with van der Waals surface area (Å²) in [6.45, 7) is 0. The number of anilines is 1. The van der Waals surface area contributed by atoms with Crippen LogP contribution >= 0.6 is 11.6 Å². The first-order valence-corrected chi connectivity index (χ1v) is 5.45. The summed E-state index contributed by atoms with van der Waals surface area (Å²) in [5.74, 6) is -2.25. The topological polar surface area (TPSA) is 63.3 Å². The van der Waals surface area contributed by atoms with Crippen LogP contribution in [0.3, 0.4) is 0 Å². The number of hydrogen-bond donors (Lipinski definition) is 2. The molecular formula is C13H9ClFNO2. The number of benzene rings is 2. The number of aromatic carboxylic acids is 1. The van der Waals surface area contributed by atoms with Crippen LogP contribution in [0.25, 0.3) is 11.1 Å². The van der Waals surface area contributed by atoms with Gasteiger partial charge in [0.05, 0.1) is 5.02 Å². The third kappa shape index (κ3) is 2.28. The summed E-state index contributed by atoms with van der Waals surface area (Å²) in [5.41, 5.74) is 6.84. The second-order valence-electron chi connectivity index (χ2n) is 3.74. The number of hydrogen-bond acceptors (Lipinski definition) is 2. The maximum atomic E-state index is 13.6. The summed E-state index contributed by atoms with van der Waals surface area (Å²) in [5, 5.41) is 8.67. The second kappa shape index (κ2) is 4.66. The van der Waals surface area contributed by atoms with E-state index in [9.17, 15) is 9.18 Å². The van der Waals surface area contributed by atoms with E-state index in [1.807, 2.05) is 0 Å². The monoisotopic (exact) mass is 265 g/mol. The molecule has 92 valence electrons. The van der Waals surface area contributed by atoms with Crippen LogP contribution in [-0.4, -0.2) is 11.1 Å². The highest BCUT2D eigenvalue weighted by molar-refractivity contribution is 6.33. The summed E-state index contributed by atoms with van der Waals surface area (Å²) >= 11 is 5.77. The molecule has 0 unspecified atom stereocenters. The van der Waals surface area contributed by atoms with Crippen molar-refractivity contribution in [3.63, 3.8) is 0 Å². The molecule has 3 N–H and O–H groups in total. The van der Waals surface area contributed by atoms with Crippen LogP contribution in [0.1, 0.15) is 10.4 Å². The highest BCUT2D eigenvalue weighted by Crippen LogP contribution is 2.28. The van der Waals surface area contributed by atoms with Gasteiger partial charge in [0, 0.05) is 5.69 Å². The lowest BCUT2D eigenvalue weighted by atomic mass is 10.0. The van der Waals surface area contributed by atoms with Gasteiger partial charge < -0.3 is 10.8 Å². The van der Waals surface area contributed by atoms with Crippen molar-refractivity contribution in [2.24, 2.45) is 0 Å². The third-order valence-electron chi connectivity index (χ3n) is 2.50. The number of carbonyl (C=O) groups is 1. The predicted molar refractivity (Wildman–Crippen MR) is 68.2 cm³/mol. The molecule has 0 aliphatic rings. The number of halogens is 2. The summed E-state index contributed by atoms with van der Waals surface area (Å²) < 4.78 is 13.6. The van der Waals surface area contributed by atoms with Gasteiger partial charge in [0.1, 0.15) is 11.4 Å². The molecule has 3 nitrogen and oxygen atoms in total. The van der Waals surface area contributed by atoms with E-state index < -0.39 is 17.3 Å². The smallest absolute Gasteiger partial charge is 0.340 e. The Morgan fingerprint density at radius 2 is 1.78 bits per heavy atom. The molecule has 0 heterocycles. The first-order chi connectivity index (χ1) is 8.49. The van der Waals surface area contributed by atoms with E-state index in [4.69, 9.17) is 22.4 Å². The molecule has 0 bridgehead atoms. The van der Waals surface area contributed by atoms with Crippen molar-refractivity contribution >= 4 is 23.3 Å². The molecule has 2 aromatic rings. The first kappa shape index (κ1) is 12.4. The Bertz CT molecular complexity index is 588. The maximum Gasteiger partial charge on any atom is 0.340 e. The van der Waals surface area contributed by atoms with Crippen LogP contribution in [-0.2, 0) is 0 Å². The van der Waals surface area contributed by atoms with E-state index in [-0.39, 0.29) is 5.02 Å². The Hall–Kier alpha value is -2.07. The van der Waals surface area contributed by atoms with E-state index >= 15 is 0 Å². The van der Waals surface area contributed by atoms with E-state index in [2.05, 4.69) is 0 Å². The molecule has 5 heteroatoms. The summed E-state index contributed by atoms with van der Waals surface area (Å²) in [6, 6.07) is 9.32. The van der Waals surface area contributed by atoms with Gasteiger partial charge in [-0.2, -0.15) is 0 Å². The van der Waals surface area contributed by atoms with Crippen molar-refractivity contribution in [3.8, 4) is 11.1 Å². The average Bonchev–Trinajstić information content (AvgIpc) is 2.28. The standard InChI is InChI=1S/C13H9ClFNO2/c14-10-5-8(6-11(15)12(10)13(17)18)7-1-3-9(16)4-2-7/h1-6H,16H2,(H,17,18). The molecule has 0 radical (unpaired) electrons. The molecule has 0 aliphatic carbocycles. The molecule has 0 fully saturated rings. The summed E-state index contributed by atoms with van der Waals surface area (Å²) in [6.07, 6.45) is 0. The lowest BCUT2D eigenvalue weighted by Gasteiger charge is -2.06. The van der Waals surface area contributed by atoms with Gasteiger partial charge in [0.25, 0.3) is 0 Å². The Morgan fingerprint density at radius 3 is 2.28 bits per heavy atom. The largest absolute Gasteiger partial charge is 0.478 e. The summed E-state index contributed by atoms with van der Waals surface area (Å²) in [4.78, 5) is 10.8. The van der Waals surface area contributed by atoms with Crippen LogP contribution < -0.4 is 5.73 Å². The molecule has 2 rings (SSSR count). The zero-order chi connectivity index (χ0) is 13.3. The van der Waals surface area contributed by atoms with E-state index in [0.29, 0.717) is 16.8 Å². The minimum Gasteiger partial charge on any atom is -0.478 e. The van der Waals surface area contributed by atoms with Crippen LogP contribution in [0, 0.1) is 5.82 Å². The van der Waals surface area contributed by atoms with E-state index in [1.54, 1.807) is 24.3 Å². The van der Waals surface area contributed by atoms with Crippen molar-refractivity contribution in [2.75, 3.05) is 5.73 Å². The van der Waals surface area contributed by atoms with Crippen molar-refractivity contribution in [1.29, 1.82) is 0 Å². The summed E-state index contributed by atoms with van der Waals surface area (Å²) in [7, 11) is 0. The molecule has 0 spiro atoms. The van der Waals surface area contributed by atoms with Gasteiger partial charge in [-0.25, -0.2) is 9.18 Å². The normalized spacial score (nSPS) is 10.3. The van der Waals surface area contributed by atoms with Crippen molar-refractivity contribution < 1.29 is 14.3 Å². The van der Waals surface area contributed by atoms with E-state index in [1.165, 1.54) is 6.07 Å². The maximum absolute atomic E-state index is 13.6. The first-order valence-electron chi connectivity index (χ1n) is 5.07. The highest BCUT2D eigenvalue weighted by atomic mass is 35.5. The number of carboxylic acid groups (broad SMARTS) is 1. The molecular weight excluding hydrogens is 257 g/mol. The van der Waals surface area contributed by atoms with Crippen LogP contribution in [0.5, 0.6) is 0 Å². The van der Waals surface area contributed by atoms with Gasteiger partial charge in [-0.05, 0) is 35.4 Å². The Labute approximate surface area is 108 Å². The highest BCUT2D eigenvalue weighted by Gasteiger charge is 2.16. The lowest BCUT2D eigenvalue weighted by Crippen LogP contribution is -2.02. The zero-order valence-electron chi connectivity index (χ0n) is 9.15. The van der Waals surface area contributed by atoms with Gasteiger partial charge >= 0.3 is 5.97 Å². The lowest BCUT2D eigenvalue weighted by molar-refractivity contribution is 0.0692. The molecule has 0 atom stereocenters. The van der Waals surface area contributed by atoms with Crippen molar-refractivity contribution in [2.45, 2.75) is 0 Å². The minimum atomic E-state index is -1.39. The van der Waals surface area contributed by atoms with E-state index in [0.717, 1.165) is 6.07 Å². The van der Waals surface area contributed by atoms with Gasteiger partial charge in [0.2, 0.25) is 0 Å².